The van der Waals surface area contributed by atoms with Gasteiger partial charge >= 0.3 is 0 Å². The summed E-state index contributed by atoms with van der Waals surface area (Å²) in [5, 5.41) is 2.93. The number of anilines is 1. The van der Waals surface area contributed by atoms with E-state index in [2.05, 4.69) is 20.2 Å². The minimum atomic E-state index is -0.138. The Bertz CT molecular complexity index is 676. The van der Waals surface area contributed by atoms with E-state index in [4.69, 9.17) is 0 Å². The molecular formula is C19H24N4O. The molecule has 0 atom stereocenters. The zero-order valence-electron chi connectivity index (χ0n) is 14.2. The third-order valence-corrected chi connectivity index (χ3v) is 4.49. The lowest BCUT2D eigenvalue weighted by atomic mass is 10.1. The van der Waals surface area contributed by atoms with Gasteiger partial charge in [-0.25, -0.2) is 9.97 Å². The monoisotopic (exact) mass is 324 g/mol. The van der Waals surface area contributed by atoms with Crippen molar-refractivity contribution in [2.75, 3.05) is 18.0 Å². The summed E-state index contributed by atoms with van der Waals surface area (Å²) in [6, 6.07) is 8.04. The summed E-state index contributed by atoms with van der Waals surface area (Å²) in [4.78, 5) is 23.3. The molecule has 0 aliphatic carbocycles. The minimum absolute atomic E-state index is 0.138. The maximum Gasteiger partial charge on any atom is 0.254 e. The topological polar surface area (TPSA) is 58.1 Å². The lowest BCUT2D eigenvalue weighted by molar-refractivity contribution is 0.0950. The zero-order valence-corrected chi connectivity index (χ0v) is 14.2. The summed E-state index contributed by atoms with van der Waals surface area (Å²) in [5.74, 6) is 0.591. The number of aryl methyl sites for hydroxylation is 1. The van der Waals surface area contributed by atoms with Crippen molar-refractivity contribution in [1.29, 1.82) is 0 Å². The summed E-state index contributed by atoms with van der Waals surface area (Å²) in [7, 11) is 0. The predicted molar refractivity (Wildman–Crippen MR) is 95.1 cm³/mol. The number of aromatic nitrogens is 2. The molecule has 1 fully saturated rings. The van der Waals surface area contributed by atoms with E-state index in [1.54, 1.807) is 12.4 Å². The molecule has 1 saturated heterocycles. The molecule has 126 valence electrons. The number of carbonyl (C=O) groups excluding carboxylic acids is 1. The molecule has 0 saturated carbocycles. The standard InChI is InChI=1S/C19H24N4O/c1-15-8-4-5-9-16(15)12-20-18(24)17-13-21-19(22-14-17)23-10-6-2-3-7-11-23/h4-5,8-9,13-14H,2-3,6-7,10-12H2,1H3,(H,20,24). The van der Waals surface area contributed by atoms with Crippen LogP contribution in [0.5, 0.6) is 0 Å². The van der Waals surface area contributed by atoms with Gasteiger partial charge in [-0.15, -0.1) is 0 Å². The Kier molecular flexibility index (Phi) is 5.41. The van der Waals surface area contributed by atoms with Crippen LogP contribution in [-0.4, -0.2) is 29.0 Å². The van der Waals surface area contributed by atoms with Gasteiger partial charge in [0.25, 0.3) is 5.91 Å². The molecule has 1 aromatic carbocycles. The molecule has 1 N–H and O–H groups in total. The van der Waals surface area contributed by atoms with Crippen molar-refractivity contribution in [2.24, 2.45) is 0 Å². The summed E-state index contributed by atoms with van der Waals surface area (Å²) in [6.07, 6.45) is 8.16. The van der Waals surface area contributed by atoms with Crippen LogP contribution in [-0.2, 0) is 6.54 Å². The van der Waals surface area contributed by atoms with Crippen LogP contribution in [0, 0.1) is 6.92 Å². The molecule has 1 aromatic heterocycles. The molecule has 2 aromatic rings. The molecule has 3 rings (SSSR count). The highest BCUT2D eigenvalue weighted by Gasteiger charge is 2.13. The highest BCUT2D eigenvalue weighted by Crippen LogP contribution is 2.15. The van der Waals surface area contributed by atoms with E-state index >= 15 is 0 Å². The summed E-state index contributed by atoms with van der Waals surface area (Å²) in [6.45, 7) is 4.55. The smallest absolute Gasteiger partial charge is 0.254 e. The largest absolute Gasteiger partial charge is 0.348 e. The van der Waals surface area contributed by atoms with Crippen LogP contribution in [0.1, 0.15) is 47.2 Å². The Morgan fingerprint density at radius 2 is 1.75 bits per heavy atom. The number of rotatable bonds is 4. The molecule has 0 unspecified atom stereocenters. The Balaban J connectivity index is 1.60. The molecule has 0 spiro atoms. The molecule has 0 bridgehead atoms. The van der Waals surface area contributed by atoms with Gasteiger partial charge in [0.05, 0.1) is 5.56 Å². The number of benzene rings is 1. The van der Waals surface area contributed by atoms with Crippen LogP contribution < -0.4 is 10.2 Å². The van der Waals surface area contributed by atoms with Crippen molar-refractivity contribution < 1.29 is 4.79 Å². The van der Waals surface area contributed by atoms with Gasteiger partial charge in [0.2, 0.25) is 5.95 Å². The number of carbonyl (C=O) groups is 1. The Labute approximate surface area is 143 Å². The highest BCUT2D eigenvalue weighted by atomic mass is 16.1. The highest BCUT2D eigenvalue weighted by molar-refractivity contribution is 5.93. The number of hydrogen-bond acceptors (Lipinski definition) is 4. The third-order valence-electron chi connectivity index (χ3n) is 4.49. The van der Waals surface area contributed by atoms with Crippen molar-refractivity contribution in [3.63, 3.8) is 0 Å². The van der Waals surface area contributed by atoms with Crippen LogP contribution in [0.25, 0.3) is 0 Å². The van der Waals surface area contributed by atoms with Crippen molar-refractivity contribution >= 4 is 11.9 Å². The van der Waals surface area contributed by atoms with E-state index in [9.17, 15) is 4.79 Å². The van der Waals surface area contributed by atoms with E-state index in [1.165, 1.54) is 31.2 Å². The fourth-order valence-corrected chi connectivity index (χ4v) is 2.96. The number of nitrogens with one attached hydrogen (secondary N) is 1. The number of amides is 1. The van der Waals surface area contributed by atoms with Crippen LogP contribution in [0.2, 0.25) is 0 Å². The first-order valence-corrected chi connectivity index (χ1v) is 8.64. The number of nitrogens with zero attached hydrogens (tertiary/aromatic N) is 3. The van der Waals surface area contributed by atoms with Gasteiger partial charge in [-0.1, -0.05) is 37.1 Å². The van der Waals surface area contributed by atoms with Gasteiger partial charge < -0.3 is 10.2 Å². The van der Waals surface area contributed by atoms with Crippen LogP contribution in [0.15, 0.2) is 36.7 Å². The van der Waals surface area contributed by atoms with Crippen LogP contribution in [0.4, 0.5) is 5.95 Å². The average molecular weight is 324 g/mol. The summed E-state index contributed by atoms with van der Waals surface area (Å²) < 4.78 is 0. The normalized spacial score (nSPS) is 15.0. The minimum Gasteiger partial charge on any atom is -0.348 e. The summed E-state index contributed by atoms with van der Waals surface area (Å²) >= 11 is 0. The first-order valence-electron chi connectivity index (χ1n) is 8.64. The van der Waals surface area contributed by atoms with Crippen LogP contribution >= 0.6 is 0 Å². The fraction of sp³-hybridized carbons (Fsp3) is 0.421. The average Bonchev–Trinajstić information content (AvgIpc) is 2.90. The van der Waals surface area contributed by atoms with Crippen LogP contribution in [0.3, 0.4) is 0 Å². The van der Waals surface area contributed by atoms with Gasteiger partial charge in [-0.2, -0.15) is 0 Å². The third kappa shape index (κ3) is 4.10. The lowest BCUT2D eigenvalue weighted by Gasteiger charge is -2.19. The number of hydrogen-bond donors (Lipinski definition) is 1. The molecule has 2 heterocycles. The maximum absolute atomic E-state index is 12.3. The van der Waals surface area contributed by atoms with Crippen molar-refractivity contribution in [3.05, 3.63) is 53.3 Å². The quantitative estimate of drug-likeness (QED) is 0.939. The van der Waals surface area contributed by atoms with Gasteiger partial charge in [0.1, 0.15) is 0 Å². The second-order valence-corrected chi connectivity index (χ2v) is 6.28. The van der Waals surface area contributed by atoms with E-state index in [0.717, 1.165) is 24.6 Å². The molecule has 24 heavy (non-hydrogen) atoms. The second kappa shape index (κ2) is 7.90. The SMILES string of the molecule is Cc1ccccc1CNC(=O)c1cnc(N2CCCCCC2)nc1. The Hall–Kier alpha value is -2.43. The van der Waals surface area contributed by atoms with Gasteiger partial charge in [0.15, 0.2) is 0 Å². The van der Waals surface area contributed by atoms with Gasteiger partial charge in [0, 0.05) is 32.0 Å². The summed E-state index contributed by atoms with van der Waals surface area (Å²) in [5.41, 5.74) is 2.79. The van der Waals surface area contributed by atoms with E-state index in [0.29, 0.717) is 12.1 Å². The van der Waals surface area contributed by atoms with Crippen molar-refractivity contribution in [3.8, 4) is 0 Å². The first-order chi connectivity index (χ1) is 11.7. The predicted octanol–water partition coefficient (Wildman–Crippen LogP) is 3.10. The van der Waals surface area contributed by atoms with E-state index < -0.39 is 0 Å². The molecule has 0 radical (unpaired) electrons. The molecule has 1 aliphatic heterocycles. The zero-order chi connectivity index (χ0) is 16.8. The molecule has 5 heteroatoms. The molecular weight excluding hydrogens is 300 g/mol. The van der Waals surface area contributed by atoms with Crippen molar-refractivity contribution in [1.82, 2.24) is 15.3 Å². The molecule has 5 nitrogen and oxygen atoms in total. The van der Waals surface area contributed by atoms with E-state index in [-0.39, 0.29) is 5.91 Å². The molecule has 1 aliphatic rings. The fourth-order valence-electron chi connectivity index (χ4n) is 2.96. The maximum atomic E-state index is 12.3. The van der Waals surface area contributed by atoms with Gasteiger partial charge in [-0.05, 0) is 30.9 Å². The first kappa shape index (κ1) is 16.4. The van der Waals surface area contributed by atoms with Crippen molar-refractivity contribution in [2.45, 2.75) is 39.2 Å². The Morgan fingerprint density at radius 1 is 1.08 bits per heavy atom. The van der Waals surface area contributed by atoms with E-state index in [1.807, 2.05) is 31.2 Å². The van der Waals surface area contributed by atoms with Gasteiger partial charge in [-0.3, -0.25) is 4.79 Å². The molecule has 1 amide bonds. The Morgan fingerprint density at radius 3 is 2.42 bits per heavy atom. The lowest BCUT2D eigenvalue weighted by Crippen LogP contribution is -2.27. The second-order valence-electron chi connectivity index (χ2n) is 6.28.